The van der Waals surface area contributed by atoms with Crippen LogP contribution in [0.2, 0.25) is 0 Å². The lowest BCUT2D eigenvalue weighted by Gasteiger charge is -2.14. The second kappa shape index (κ2) is 5.41. The average molecular weight is 182 g/mol. The van der Waals surface area contributed by atoms with Gasteiger partial charge in [-0.3, -0.25) is 4.79 Å². The zero-order valence-electron chi connectivity index (χ0n) is 7.50. The Hall–Kier alpha value is -1.25. The van der Waals surface area contributed by atoms with Crippen LogP contribution in [0.5, 0.6) is 0 Å². The summed E-state index contributed by atoms with van der Waals surface area (Å²) in [6, 6.07) is 3.72. The third-order valence-corrected chi connectivity index (χ3v) is 1.70. The highest BCUT2D eigenvalue weighted by molar-refractivity contribution is 5.93. The zero-order chi connectivity index (χ0) is 8.97. The fraction of sp³-hybridized carbons (Fsp3) is 0.500. The average Bonchev–Trinajstić information content (AvgIpc) is 2.57. The van der Waals surface area contributed by atoms with Gasteiger partial charge in [0.1, 0.15) is 5.69 Å². The predicted molar refractivity (Wildman–Crippen MR) is 54.8 cm³/mol. The van der Waals surface area contributed by atoms with Crippen LogP contribution in [0.1, 0.15) is 31.8 Å². The Kier molecular flexibility index (Phi) is 4.89. The summed E-state index contributed by atoms with van der Waals surface area (Å²) >= 11 is 0. The van der Waals surface area contributed by atoms with Gasteiger partial charge < -0.3 is 9.88 Å². The predicted octanol–water partition coefficient (Wildman–Crippen LogP) is 1.89. The molecule has 13 heavy (non-hydrogen) atoms. The Morgan fingerprint density at radius 1 is 1.46 bits per heavy atom. The molecule has 0 fully saturated rings. The minimum atomic E-state index is 0. The van der Waals surface area contributed by atoms with Crippen LogP contribution < -0.4 is 5.32 Å². The molecule has 1 aromatic rings. The summed E-state index contributed by atoms with van der Waals surface area (Å²) in [5, 5.41) is 2.76. The Morgan fingerprint density at radius 3 is 2.77 bits per heavy atom. The summed E-state index contributed by atoms with van der Waals surface area (Å²) in [6.45, 7) is 5.65. The molecule has 1 amide bonds. The lowest BCUT2D eigenvalue weighted by molar-refractivity contribution is 0.0928. The lowest BCUT2D eigenvalue weighted by atomic mass is 10.3. The maximum atomic E-state index is 11.0. The van der Waals surface area contributed by atoms with E-state index in [1.54, 1.807) is 0 Å². The summed E-state index contributed by atoms with van der Waals surface area (Å²) in [7, 11) is 0. The van der Waals surface area contributed by atoms with Crippen LogP contribution in [0.25, 0.3) is 0 Å². The fourth-order valence-corrected chi connectivity index (χ4v) is 1.20. The van der Waals surface area contributed by atoms with Crippen molar-refractivity contribution in [3.8, 4) is 0 Å². The van der Waals surface area contributed by atoms with Gasteiger partial charge in [-0.05, 0) is 12.1 Å². The normalized spacial score (nSPS) is 12.9. The lowest BCUT2D eigenvalue weighted by Crippen LogP contribution is -2.34. The minimum absolute atomic E-state index is 0. The zero-order valence-corrected chi connectivity index (χ0v) is 7.50. The number of hydrogen-bond acceptors (Lipinski definition) is 1. The third-order valence-electron chi connectivity index (χ3n) is 1.70. The van der Waals surface area contributed by atoms with Crippen LogP contribution in [0, 0.1) is 0 Å². The van der Waals surface area contributed by atoms with Gasteiger partial charge in [0, 0.05) is 19.3 Å². The number of carbonyl (C=O) groups is 1. The molecular weight excluding hydrogens is 164 g/mol. The molecule has 0 spiro atoms. The molecule has 0 aromatic carbocycles. The third kappa shape index (κ3) is 2.34. The van der Waals surface area contributed by atoms with Gasteiger partial charge >= 0.3 is 0 Å². The number of rotatable bonds is 0. The number of hydrogen-bond donors (Lipinski definition) is 1. The standard InChI is InChI=1S/C7H8N2O.C2H6.CH4/c10-7-6-2-1-4-9(6)5-3-8-7;1-2;/h1-2,4H,3,5H2,(H,8,10);1-2H3;1H4. The molecule has 3 heteroatoms. The van der Waals surface area contributed by atoms with E-state index < -0.39 is 0 Å². The highest BCUT2D eigenvalue weighted by Gasteiger charge is 2.13. The molecule has 3 nitrogen and oxygen atoms in total. The molecule has 2 rings (SSSR count). The molecular formula is C10H18N2O. The number of nitrogens with one attached hydrogen (secondary N) is 1. The maximum Gasteiger partial charge on any atom is 0.267 e. The molecule has 0 bridgehead atoms. The fourth-order valence-electron chi connectivity index (χ4n) is 1.20. The number of amides is 1. The SMILES string of the molecule is C.CC.O=C1NCCn2cccc21. The molecule has 0 unspecified atom stereocenters. The van der Waals surface area contributed by atoms with Crippen molar-refractivity contribution in [1.29, 1.82) is 0 Å². The molecule has 0 radical (unpaired) electrons. The summed E-state index contributed by atoms with van der Waals surface area (Å²) in [5.74, 6) is 0.0382. The Bertz CT molecular complexity index is 266. The van der Waals surface area contributed by atoms with Crippen molar-refractivity contribution in [1.82, 2.24) is 9.88 Å². The van der Waals surface area contributed by atoms with Gasteiger partial charge in [-0.25, -0.2) is 0 Å². The monoisotopic (exact) mass is 182 g/mol. The van der Waals surface area contributed by atoms with Gasteiger partial charge in [-0.2, -0.15) is 0 Å². The van der Waals surface area contributed by atoms with Crippen molar-refractivity contribution in [2.45, 2.75) is 27.8 Å². The Morgan fingerprint density at radius 2 is 2.15 bits per heavy atom. The summed E-state index contributed by atoms with van der Waals surface area (Å²) in [4.78, 5) is 11.0. The smallest absolute Gasteiger partial charge is 0.267 e. The quantitative estimate of drug-likeness (QED) is 0.653. The topological polar surface area (TPSA) is 34.0 Å². The minimum Gasteiger partial charge on any atom is -0.349 e. The van der Waals surface area contributed by atoms with Crippen LogP contribution in [0.15, 0.2) is 18.3 Å². The summed E-state index contributed by atoms with van der Waals surface area (Å²) in [6.07, 6.45) is 1.92. The first-order chi connectivity index (χ1) is 5.88. The molecule has 1 aliphatic heterocycles. The van der Waals surface area contributed by atoms with Crippen LogP contribution in [0.3, 0.4) is 0 Å². The van der Waals surface area contributed by atoms with E-state index in [1.165, 1.54) is 0 Å². The maximum absolute atomic E-state index is 11.0. The van der Waals surface area contributed by atoms with E-state index in [4.69, 9.17) is 0 Å². The van der Waals surface area contributed by atoms with Crippen molar-refractivity contribution in [2.75, 3.05) is 6.54 Å². The number of nitrogens with zero attached hydrogens (tertiary/aromatic N) is 1. The molecule has 0 aliphatic carbocycles. The second-order valence-electron chi connectivity index (χ2n) is 2.34. The van der Waals surface area contributed by atoms with Crippen LogP contribution in [-0.2, 0) is 6.54 Å². The van der Waals surface area contributed by atoms with Gasteiger partial charge in [0.25, 0.3) is 5.91 Å². The van der Waals surface area contributed by atoms with Crippen molar-refractivity contribution < 1.29 is 4.79 Å². The first kappa shape index (κ1) is 11.8. The summed E-state index contributed by atoms with van der Waals surface area (Å²) < 4.78 is 1.96. The van der Waals surface area contributed by atoms with Crippen LogP contribution in [0.4, 0.5) is 0 Å². The highest BCUT2D eigenvalue weighted by Crippen LogP contribution is 2.04. The van der Waals surface area contributed by atoms with Gasteiger partial charge in [0.05, 0.1) is 0 Å². The molecule has 2 heterocycles. The highest BCUT2D eigenvalue weighted by atomic mass is 16.2. The van der Waals surface area contributed by atoms with Crippen molar-refractivity contribution in [3.05, 3.63) is 24.0 Å². The first-order valence-corrected chi connectivity index (χ1v) is 4.31. The Balaban J connectivity index is 0.000000451. The van der Waals surface area contributed by atoms with Gasteiger partial charge in [0.15, 0.2) is 0 Å². The van der Waals surface area contributed by atoms with Crippen LogP contribution >= 0.6 is 0 Å². The molecule has 0 saturated carbocycles. The van der Waals surface area contributed by atoms with E-state index >= 15 is 0 Å². The molecule has 1 aliphatic rings. The summed E-state index contributed by atoms with van der Waals surface area (Å²) in [5.41, 5.74) is 0.770. The largest absolute Gasteiger partial charge is 0.349 e. The first-order valence-electron chi connectivity index (χ1n) is 4.31. The van der Waals surface area contributed by atoms with E-state index in [9.17, 15) is 4.79 Å². The number of aromatic nitrogens is 1. The number of fused-ring (bicyclic) bond motifs is 1. The molecule has 1 aromatic heterocycles. The molecule has 74 valence electrons. The van der Waals surface area contributed by atoms with Crippen molar-refractivity contribution in [3.63, 3.8) is 0 Å². The Labute approximate surface area is 79.8 Å². The van der Waals surface area contributed by atoms with E-state index in [2.05, 4.69) is 5.32 Å². The van der Waals surface area contributed by atoms with E-state index in [0.717, 1.165) is 18.8 Å². The van der Waals surface area contributed by atoms with Crippen LogP contribution in [-0.4, -0.2) is 17.0 Å². The van der Waals surface area contributed by atoms with Gasteiger partial charge in [0.2, 0.25) is 0 Å². The molecule has 0 saturated heterocycles. The van der Waals surface area contributed by atoms with Crippen molar-refractivity contribution in [2.24, 2.45) is 0 Å². The second-order valence-corrected chi connectivity index (χ2v) is 2.34. The van der Waals surface area contributed by atoms with E-state index in [-0.39, 0.29) is 13.3 Å². The van der Waals surface area contributed by atoms with Gasteiger partial charge in [-0.1, -0.05) is 21.3 Å². The van der Waals surface area contributed by atoms with E-state index in [0.29, 0.717) is 0 Å². The van der Waals surface area contributed by atoms with E-state index in [1.807, 2.05) is 36.7 Å². The molecule has 1 N–H and O–H groups in total. The molecule has 0 atom stereocenters. The van der Waals surface area contributed by atoms with Gasteiger partial charge in [-0.15, -0.1) is 0 Å². The number of carbonyl (C=O) groups excluding carboxylic acids is 1. The van der Waals surface area contributed by atoms with Crippen molar-refractivity contribution >= 4 is 5.91 Å².